The van der Waals surface area contributed by atoms with Crippen molar-refractivity contribution in [1.29, 1.82) is 0 Å². The molecule has 0 radical (unpaired) electrons. The highest BCUT2D eigenvalue weighted by Crippen LogP contribution is 2.61. The summed E-state index contributed by atoms with van der Waals surface area (Å²) in [5, 5.41) is 59.3. The highest BCUT2D eigenvalue weighted by atomic mass is 32.5. The number of hydrogen-bond donors (Lipinski definition) is 10. The van der Waals surface area contributed by atoms with Crippen molar-refractivity contribution in [2.75, 3.05) is 13.2 Å². The number of nitrogens with zero attached hydrogens (tertiary/aromatic N) is 1. The van der Waals surface area contributed by atoms with E-state index in [2.05, 4.69) is 26.6 Å². The van der Waals surface area contributed by atoms with Crippen LogP contribution in [0.25, 0.3) is 0 Å². The zero-order valence-electron chi connectivity index (χ0n) is 20.0. The Balaban J connectivity index is 1.69. The Morgan fingerprint density at radius 1 is 1.23 bits per heavy atom. The molecular weight excluding hydrogens is 608 g/mol. The standard InChI is InChI=1S/C18H27N3O16P2S/c1-2-18(19)14(28)8(34-16(18)21-4-3-9(24)20-17(21)29)6-33-39(32,40)37-38(30,31)36-15-12(27)10(25)11(26)13(35-15)7(23)5-22/h1,3-4,7-8,10-16,22-23,25-28H,5-6,19H2,(H,30,31)(H,32,40)(H,20,24,29)/t7-,8+,10?,11?,12?,13?,14+,15?,16+,18+,39?/m0/s1. The van der Waals surface area contributed by atoms with Gasteiger partial charge in [-0.1, -0.05) is 5.92 Å². The summed E-state index contributed by atoms with van der Waals surface area (Å²) in [6, 6.07) is 0.956. The van der Waals surface area contributed by atoms with E-state index in [1.54, 1.807) is 0 Å². The molecule has 22 heteroatoms. The summed E-state index contributed by atoms with van der Waals surface area (Å²) < 4.78 is 37.7. The van der Waals surface area contributed by atoms with Crippen molar-refractivity contribution >= 4 is 26.3 Å². The molecule has 2 aliphatic rings. The maximum Gasteiger partial charge on any atom is 0.481 e. The van der Waals surface area contributed by atoms with Gasteiger partial charge in [0.2, 0.25) is 0 Å². The highest BCUT2D eigenvalue weighted by Gasteiger charge is 2.55. The Labute approximate surface area is 229 Å². The molecule has 11 N–H and O–H groups in total. The largest absolute Gasteiger partial charge is 0.481 e. The fraction of sp³-hybridized carbons (Fsp3) is 0.667. The first kappa shape index (κ1) is 33.1. The summed E-state index contributed by atoms with van der Waals surface area (Å²) in [6.45, 7) is -6.59. The highest BCUT2D eigenvalue weighted by molar-refractivity contribution is 8.08. The number of aromatic nitrogens is 2. The minimum atomic E-state index is -5.50. The minimum Gasteiger partial charge on any atom is -0.394 e. The van der Waals surface area contributed by atoms with Crippen molar-refractivity contribution in [3.63, 3.8) is 0 Å². The number of hydrogen-bond acceptors (Lipinski definition) is 16. The maximum atomic E-state index is 12.5. The molecule has 7 unspecified atom stereocenters. The lowest BCUT2D eigenvalue weighted by Gasteiger charge is -2.41. The molecule has 40 heavy (non-hydrogen) atoms. The summed E-state index contributed by atoms with van der Waals surface area (Å²) in [7, 11) is -5.50. The van der Waals surface area contributed by atoms with Gasteiger partial charge in [-0.2, -0.15) is 0 Å². The van der Waals surface area contributed by atoms with Crippen LogP contribution < -0.4 is 17.0 Å². The normalized spacial score (nSPS) is 38.2. The number of aliphatic hydroxyl groups is 6. The predicted octanol–water partition coefficient (Wildman–Crippen LogP) is -5.35. The van der Waals surface area contributed by atoms with Crippen LogP contribution in [0, 0.1) is 12.3 Å². The van der Waals surface area contributed by atoms with Gasteiger partial charge in [0.25, 0.3) is 5.56 Å². The van der Waals surface area contributed by atoms with E-state index in [0.717, 1.165) is 16.8 Å². The quantitative estimate of drug-likeness (QED) is 0.0847. The Kier molecular flexibility index (Phi) is 10.3. The van der Waals surface area contributed by atoms with E-state index < -0.39 is 99.8 Å². The first-order valence-electron chi connectivity index (χ1n) is 11.1. The van der Waals surface area contributed by atoms with Gasteiger partial charge < -0.3 is 60.2 Å². The Hall–Kier alpha value is -1.44. The molecule has 2 saturated heterocycles. The van der Waals surface area contributed by atoms with Crippen LogP contribution in [0.5, 0.6) is 0 Å². The third-order valence-electron chi connectivity index (χ3n) is 5.93. The monoisotopic (exact) mass is 635 g/mol. The van der Waals surface area contributed by atoms with Crippen LogP contribution in [0.3, 0.4) is 0 Å². The van der Waals surface area contributed by atoms with E-state index in [0.29, 0.717) is 0 Å². The van der Waals surface area contributed by atoms with Crippen LogP contribution in [0.15, 0.2) is 21.9 Å². The van der Waals surface area contributed by atoms with E-state index in [-0.39, 0.29) is 0 Å². The van der Waals surface area contributed by atoms with Gasteiger partial charge in [0.1, 0.15) is 42.7 Å². The SMILES string of the molecule is C#C[C@@]1(N)[C@H](O)[C@@H](COP(O)(=S)OP(=O)(O)OC2OC([C@@H](O)CO)C(O)C(O)C2O)O[C@H]1n1ccc(=O)[nH]c1=O. The summed E-state index contributed by atoms with van der Waals surface area (Å²) in [6.07, 6.45) is -10.4. The molecule has 19 nitrogen and oxygen atoms in total. The van der Waals surface area contributed by atoms with Gasteiger partial charge in [-0.05, 0) is 11.8 Å². The lowest BCUT2D eigenvalue weighted by Crippen LogP contribution is -2.61. The number of rotatable bonds is 10. The van der Waals surface area contributed by atoms with Gasteiger partial charge >= 0.3 is 20.2 Å². The molecule has 0 aromatic carbocycles. The van der Waals surface area contributed by atoms with Crippen LogP contribution in [-0.2, 0) is 39.2 Å². The molecule has 1 aromatic rings. The molecular formula is C18H27N3O16P2S. The van der Waals surface area contributed by atoms with Gasteiger partial charge in [-0.25, -0.2) is 13.7 Å². The number of nitrogens with one attached hydrogen (secondary N) is 1. The van der Waals surface area contributed by atoms with Gasteiger partial charge in [0, 0.05) is 12.3 Å². The Bertz CT molecular complexity index is 1320. The maximum absolute atomic E-state index is 12.5. The van der Waals surface area contributed by atoms with Crippen molar-refractivity contribution in [2.45, 2.75) is 60.8 Å². The van der Waals surface area contributed by atoms with E-state index in [9.17, 15) is 49.5 Å². The fourth-order valence-electron chi connectivity index (χ4n) is 3.86. The number of phosphoric ester groups is 1. The molecule has 2 aliphatic heterocycles. The summed E-state index contributed by atoms with van der Waals surface area (Å²) >= 11 is 4.67. The Morgan fingerprint density at radius 3 is 2.45 bits per heavy atom. The molecule has 226 valence electrons. The second-order valence-electron chi connectivity index (χ2n) is 8.68. The average Bonchev–Trinajstić information content (AvgIpc) is 3.12. The van der Waals surface area contributed by atoms with Gasteiger partial charge in [0.05, 0.1) is 13.2 Å². The number of phosphoric acid groups is 1. The third-order valence-corrected chi connectivity index (χ3v) is 9.44. The van der Waals surface area contributed by atoms with E-state index >= 15 is 0 Å². The molecule has 1 aromatic heterocycles. The number of aromatic amines is 1. The molecule has 12 atom stereocenters. The van der Waals surface area contributed by atoms with E-state index in [4.69, 9.17) is 31.3 Å². The fourth-order valence-corrected chi connectivity index (χ4v) is 6.95. The molecule has 0 aliphatic carbocycles. The van der Waals surface area contributed by atoms with Crippen LogP contribution in [0.2, 0.25) is 0 Å². The third kappa shape index (κ3) is 6.95. The van der Waals surface area contributed by atoms with Crippen LogP contribution in [0.1, 0.15) is 6.23 Å². The molecule has 3 rings (SSSR count). The Morgan fingerprint density at radius 2 is 1.88 bits per heavy atom. The number of aliphatic hydroxyl groups excluding tert-OH is 6. The van der Waals surface area contributed by atoms with Crippen molar-refractivity contribution in [3.8, 4) is 12.3 Å². The van der Waals surface area contributed by atoms with Gasteiger partial charge in [-0.15, -0.1) is 6.42 Å². The van der Waals surface area contributed by atoms with Crippen LogP contribution in [0.4, 0.5) is 0 Å². The first-order chi connectivity index (χ1) is 18.5. The second-order valence-corrected chi connectivity index (χ2v) is 13.1. The summed E-state index contributed by atoms with van der Waals surface area (Å²) in [5.74, 6) is 2.09. The lowest BCUT2D eigenvalue weighted by atomic mass is 9.92. The molecule has 0 saturated carbocycles. The molecule has 0 spiro atoms. The molecule has 3 heterocycles. The second kappa shape index (κ2) is 12.4. The topological polar surface area (TPSA) is 306 Å². The zero-order valence-corrected chi connectivity index (χ0v) is 22.6. The van der Waals surface area contributed by atoms with E-state index in [1.807, 2.05) is 4.98 Å². The first-order valence-corrected chi connectivity index (χ1v) is 15.1. The van der Waals surface area contributed by atoms with Crippen molar-refractivity contribution in [1.82, 2.24) is 9.55 Å². The number of ether oxygens (including phenoxy) is 2. The van der Waals surface area contributed by atoms with Crippen molar-refractivity contribution < 1.29 is 67.8 Å². The summed E-state index contributed by atoms with van der Waals surface area (Å²) in [4.78, 5) is 45.9. The van der Waals surface area contributed by atoms with Crippen molar-refractivity contribution in [2.24, 2.45) is 5.73 Å². The van der Waals surface area contributed by atoms with Gasteiger partial charge in [0.15, 0.2) is 18.1 Å². The predicted molar refractivity (Wildman–Crippen MR) is 131 cm³/mol. The smallest absolute Gasteiger partial charge is 0.394 e. The number of terminal acetylenes is 1. The van der Waals surface area contributed by atoms with Crippen LogP contribution in [-0.4, -0.2) is 118 Å². The molecule has 0 bridgehead atoms. The number of H-pyrrole nitrogens is 1. The zero-order chi connectivity index (χ0) is 30.2. The average molecular weight is 635 g/mol. The number of nitrogens with two attached hydrogens (primary N) is 1. The lowest BCUT2D eigenvalue weighted by molar-refractivity contribution is -0.292. The summed E-state index contributed by atoms with van der Waals surface area (Å²) in [5.41, 5.74) is 2.26. The van der Waals surface area contributed by atoms with Gasteiger partial charge in [-0.3, -0.25) is 18.9 Å². The molecule has 2 fully saturated rings. The molecule has 0 amide bonds. The van der Waals surface area contributed by atoms with Crippen molar-refractivity contribution in [3.05, 3.63) is 33.1 Å². The van der Waals surface area contributed by atoms with E-state index in [1.165, 1.54) is 0 Å². The minimum absolute atomic E-state index is 0.742. The van der Waals surface area contributed by atoms with Crippen LogP contribution >= 0.6 is 14.5 Å².